The quantitative estimate of drug-likeness (QED) is 0.627. The molecule has 154 valence electrons. The Labute approximate surface area is 176 Å². The maximum Gasteiger partial charge on any atom is 0.278 e. The number of likely N-dealkylation sites (tertiary alicyclic amines) is 1. The summed E-state index contributed by atoms with van der Waals surface area (Å²) in [7, 11) is 1.54. The van der Waals surface area contributed by atoms with E-state index in [-0.39, 0.29) is 12.0 Å². The standard InChI is InChI=1S/C24H25N3O3/c1-29-23-24(26-14-13-25-23)30-21-8-5-15-27(17-21)22(28)16-18-9-11-20(12-10-18)19-6-3-2-4-7-19/h2-4,6-7,9-14,21H,5,8,15-17H2,1H3. The minimum atomic E-state index is -0.117. The number of aromatic nitrogens is 2. The minimum Gasteiger partial charge on any atom is -0.477 e. The number of rotatable bonds is 6. The van der Waals surface area contributed by atoms with Crippen molar-refractivity contribution in [1.29, 1.82) is 0 Å². The molecule has 6 heteroatoms. The highest BCUT2D eigenvalue weighted by molar-refractivity contribution is 5.79. The van der Waals surface area contributed by atoms with Gasteiger partial charge in [-0.05, 0) is 29.5 Å². The molecule has 0 saturated carbocycles. The second-order valence-corrected chi connectivity index (χ2v) is 7.33. The smallest absolute Gasteiger partial charge is 0.278 e. The maximum atomic E-state index is 12.9. The molecule has 0 spiro atoms. The molecule has 30 heavy (non-hydrogen) atoms. The van der Waals surface area contributed by atoms with Crippen molar-refractivity contribution in [1.82, 2.24) is 14.9 Å². The van der Waals surface area contributed by atoms with Gasteiger partial charge < -0.3 is 14.4 Å². The van der Waals surface area contributed by atoms with Gasteiger partial charge in [-0.1, -0.05) is 54.6 Å². The van der Waals surface area contributed by atoms with Gasteiger partial charge >= 0.3 is 0 Å². The highest BCUT2D eigenvalue weighted by atomic mass is 16.5. The molecule has 6 nitrogen and oxygen atoms in total. The third-order valence-corrected chi connectivity index (χ3v) is 5.25. The Morgan fingerprint density at radius 1 is 1.00 bits per heavy atom. The number of piperidine rings is 1. The monoisotopic (exact) mass is 403 g/mol. The van der Waals surface area contributed by atoms with Crippen molar-refractivity contribution in [2.45, 2.75) is 25.4 Å². The van der Waals surface area contributed by atoms with Gasteiger partial charge in [0.15, 0.2) is 0 Å². The maximum absolute atomic E-state index is 12.9. The zero-order chi connectivity index (χ0) is 20.8. The lowest BCUT2D eigenvalue weighted by Gasteiger charge is -2.32. The fourth-order valence-corrected chi connectivity index (χ4v) is 3.68. The fourth-order valence-electron chi connectivity index (χ4n) is 3.68. The van der Waals surface area contributed by atoms with Crippen LogP contribution in [0, 0.1) is 0 Å². The molecule has 0 radical (unpaired) electrons. The third kappa shape index (κ3) is 4.76. The molecule has 1 aromatic heterocycles. The molecular formula is C24H25N3O3. The van der Waals surface area contributed by atoms with Crippen molar-refractivity contribution < 1.29 is 14.3 Å². The highest BCUT2D eigenvalue weighted by Crippen LogP contribution is 2.24. The van der Waals surface area contributed by atoms with Gasteiger partial charge in [-0.25, -0.2) is 9.97 Å². The molecule has 4 rings (SSSR count). The predicted molar refractivity (Wildman–Crippen MR) is 114 cm³/mol. The number of hydrogen-bond acceptors (Lipinski definition) is 5. The molecule has 2 aromatic carbocycles. The second kappa shape index (κ2) is 9.39. The molecule has 1 aliphatic heterocycles. The summed E-state index contributed by atoms with van der Waals surface area (Å²) in [5.41, 5.74) is 3.33. The van der Waals surface area contributed by atoms with Gasteiger partial charge in [-0.15, -0.1) is 0 Å². The molecule has 0 aliphatic carbocycles. The van der Waals surface area contributed by atoms with Crippen LogP contribution in [0.1, 0.15) is 18.4 Å². The lowest BCUT2D eigenvalue weighted by molar-refractivity contribution is -0.133. The number of ether oxygens (including phenoxy) is 2. The van der Waals surface area contributed by atoms with Gasteiger partial charge in [0.1, 0.15) is 6.10 Å². The van der Waals surface area contributed by atoms with Crippen molar-refractivity contribution in [3.63, 3.8) is 0 Å². The van der Waals surface area contributed by atoms with Crippen LogP contribution in [0.25, 0.3) is 11.1 Å². The van der Waals surface area contributed by atoms with Crippen LogP contribution in [0.4, 0.5) is 0 Å². The van der Waals surface area contributed by atoms with Gasteiger partial charge in [0.05, 0.1) is 20.1 Å². The zero-order valence-electron chi connectivity index (χ0n) is 17.0. The lowest BCUT2D eigenvalue weighted by Crippen LogP contribution is -2.45. The fraction of sp³-hybridized carbons (Fsp3) is 0.292. The molecule has 2 heterocycles. The molecule has 1 fully saturated rings. The largest absolute Gasteiger partial charge is 0.477 e. The molecule has 1 saturated heterocycles. The van der Waals surface area contributed by atoms with E-state index in [1.165, 1.54) is 12.7 Å². The molecule has 1 aliphatic rings. The van der Waals surface area contributed by atoms with Gasteiger partial charge in [0.2, 0.25) is 5.91 Å². The summed E-state index contributed by atoms with van der Waals surface area (Å²) in [5, 5.41) is 0. The average Bonchev–Trinajstić information content (AvgIpc) is 2.81. The number of nitrogens with zero attached hydrogens (tertiary/aromatic N) is 3. The van der Waals surface area contributed by atoms with Crippen LogP contribution in [0.3, 0.4) is 0 Å². The molecule has 1 unspecified atom stereocenters. The summed E-state index contributed by atoms with van der Waals surface area (Å²) in [5.74, 6) is 0.845. The van der Waals surface area contributed by atoms with Crippen molar-refractivity contribution in [3.05, 3.63) is 72.6 Å². The summed E-state index contributed by atoms with van der Waals surface area (Å²) < 4.78 is 11.2. The molecule has 1 atom stereocenters. The Kier molecular flexibility index (Phi) is 6.23. The van der Waals surface area contributed by atoms with E-state index in [0.29, 0.717) is 24.7 Å². The SMILES string of the molecule is COc1nccnc1OC1CCCN(C(=O)Cc2ccc(-c3ccccc3)cc2)C1. The molecule has 0 bridgehead atoms. The van der Waals surface area contributed by atoms with Crippen LogP contribution >= 0.6 is 0 Å². The van der Waals surface area contributed by atoms with Crippen LogP contribution in [-0.4, -0.2) is 47.1 Å². The summed E-state index contributed by atoms with van der Waals surface area (Å²) >= 11 is 0. The Morgan fingerprint density at radius 3 is 2.43 bits per heavy atom. The summed E-state index contributed by atoms with van der Waals surface area (Å²) in [4.78, 5) is 23.1. The van der Waals surface area contributed by atoms with Gasteiger partial charge in [-0.2, -0.15) is 0 Å². The summed E-state index contributed by atoms with van der Waals surface area (Å²) in [6, 6.07) is 18.4. The van der Waals surface area contributed by atoms with E-state index in [1.54, 1.807) is 12.4 Å². The first-order valence-electron chi connectivity index (χ1n) is 10.2. The van der Waals surface area contributed by atoms with E-state index < -0.39 is 0 Å². The average molecular weight is 403 g/mol. The Bertz CT molecular complexity index is 977. The van der Waals surface area contributed by atoms with E-state index >= 15 is 0 Å². The van der Waals surface area contributed by atoms with Crippen molar-refractivity contribution in [2.75, 3.05) is 20.2 Å². The first-order valence-corrected chi connectivity index (χ1v) is 10.2. The van der Waals surface area contributed by atoms with Crippen LogP contribution in [0.5, 0.6) is 11.8 Å². The van der Waals surface area contributed by atoms with Crippen LogP contribution in [0.2, 0.25) is 0 Å². The minimum absolute atomic E-state index is 0.113. The molecular weight excluding hydrogens is 378 g/mol. The number of amides is 1. The van der Waals surface area contributed by atoms with Crippen LogP contribution in [-0.2, 0) is 11.2 Å². The highest BCUT2D eigenvalue weighted by Gasteiger charge is 2.26. The predicted octanol–water partition coefficient (Wildman–Crippen LogP) is 3.76. The number of carbonyl (C=O) groups is 1. The van der Waals surface area contributed by atoms with E-state index in [1.807, 2.05) is 35.2 Å². The number of benzene rings is 2. The van der Waals surface area contributed by atoms with E-state index in [2.05, 4.69) is 34.2 Å². The Morgan fingerprint density at radius 2 is 1.70 bits per heavy atom. The van der Waals surface area contributed by atoms with Crippen LogP contribution in [0.15, 0.2) is 67.0 Å². The number of hydrogen-bond donors (Lipinski definition) is 0. The molecule has 0 N–H and O–H groups in total. The first-order chi connectivity index (χ1) is 14.7. The Hall–Kier alpha value is -3.41. The summed E-state index contributed by atoms with van der Waals surface area (Å²) in [6.07, 6.45) is 5.17. The van der Waals surface area contributed by atoms with Crippen molar-refractivity contribution >= 4 is 5.91 Å². The topological polar surface area (TPSA) is 64.6 Å². The van der Waals surface area contributed by atoms with Crippen molar-refractivity contribution in [2.24, 2.45) is 0 Å². The number of methoxy groups -OCH3 is 1. The van der Waals surface area contributed by atoms with E-state index in [0.717, 1.165) is 30.5 Å². The van der Waals surface area contributed by atoms with Crippen molar-refractivity contribution in [3.8, 4) is 22.9 Å². The summed E-state index contributed by atoms with van der Waals surface area (Å²) in [6.45, 7) is 1.29. The number of carbonyl (C=O) groups excluding carboxylic acids is 1. The van der Waals surface area contributed by atoms with E-state index in [4.69, 9.17) is 9.47 Å². The van der Waals surface area contributed by atoms with Gasteiger partial charge in [-0.3, -0.25) is 4.79 Å². The normalized spacial score (nSPS) is 16.2. The second-order valence-electron chi connectivity index (χ2n) is 7.33. The van der Waals surface area contributed by atoms with Gasteiger partial charge in [0, 0.05) is 18.9 Å². The third-order valence-electron chi connectivity index (χ3n) is 5.25. The van der Waals surface area contributed by atoms with E-state index in [9.17, 15) is 4.79 Å². The first kappa shape index (κ1) is 19.9. The molecule has 1 amide bonds. The lowest BCUT2D eigenvalue weighted by atomic mass is 10.0. The van der Waals surface area contributed by atoms with Gasteiger partial charge in [0.25, 0.3) is 11.8 Å². The zero-order valence-corrected chi connectivity index (χ0v) is 17.0. The van der Waals surface area contributed by atoms with Crippen LogP contribution < -0.4 is 9.47 Å². The Balaban J connectivity index is 1.36. The molecule has 3 aromatic rings.